The summed E-state index contributed by atoms with van der Waals surface area (Å²) in [6.07, 6.45) is 1.73. The molecule has 0 fully saturated rings. The molecule has 19 heavy (non-hydrogen) atoms. The second-order valence-electron chi connectivity index (χ2n) is 4.25. The normalized spacial score (nSPS) is 13.1. The first-order valence-corrected chi connectivity index (χ1v) is 8.38. The lowest BCUT2D eigenvalue weighted by Crippen LogP contribution is -2.52. The van der Waals surface area contributed by atoms with Crippen molar-refractivity contribution in [3.05, 3.63) is 12.2 Å². The fraction of sp³-hybridized carbons (Fsp3) is 0.769. The van der Waals surface area contributed by atoms with Crippen molar-refractivity contribution in [2.45, 2.75) is 53.6 Å². The van der Waals surface area contributed by atoms with Crippen molar-refractivity contribution in [1.29, 1.82) is 0 Å². The van der Waals surface area contributed by atoms with Crippen molar-refractivity contribution in [2.24, 2.45) is 0 Å². The molecule has 0 heterocycles. The van der Waals surface area contributed by atoms with Gasteiger partial charge in [-0.15, -0.1) is 0 Å². The van der Waals surface area contributed by atoms with Crippen LogP contribution in [0.2, 0.25) is 0 Å². The van der Waals surface area contributed by atoms with E-state index < -0.39 is 15.0 Å². The quantitative estimate of drug-likeness (QED) is 0.457. The van der Waals surface area contributed by atoms with Crippen LogP contribution in [0.3, 0.4) is 0 Å². The Morgan fingerprint density at radius 1 is 1.21 bits per heavy atom. The topological polar surface area (TPSA) is 54.0 Å². The third-order valence-corrected chi connectivity index (χ3v) is 4.66. The van der Waals surface area contributed by atoms with Gasteiger partial charge in [0.05, 0.1) is 6.10 Å². The zero-order valence-corrected chi connectivity index (χ0v) is 13.7. The molecule has 5 nitrogen and oxygen atoms in total. The lowest BCUT2D eigenvalue weighted by atomic mass is 10.2. The summed E-state index contributed by atoms with van der Waals surface area (Å²) in [5.41, 5.74) is 0.294. The molecule has 0 N–H and O–H groups in total. The van der Waals surface area contributed by atoms with Gasteiger partial charge in [0, 0.05) is 18.8 Å². The van der Waals surface area contributed by atoms with Crippen molar-refractivity contribution in [3.63, 3.8) is 0 Å². The first-order chi connectivity index (χ1) is 8.90. The Bertz CT molecular complexity index is 287. The van der Waals surface area contributed by atoms with Crippen LogP contribution in [0.4, 0.5) is 0 Å². The fourth-order valence-electron chi connectivity index (χ4n) is 1.46. The highest BCUT2D eigenvalue weighted by molar-refractivity contribution is 6.56. The highest BCUT2D eigenvalue weighted by Gasteiger charge is 2.50. The largest absolute Gasteiger partial charge is 0.752 e. The molecule has 0 amide bonds. The van der Waals surface area contributed by atoms with E-state index in [-0.39, 0.29) is 6.10 Å². The van der Waals surface area contributed by atoms with Gasteiger partial charge in [-0.25, -0.2) is 4.79 Å². The summed E-state index contributed by atoms with van der Waals surface area (Å²) in [6.45, 7) is 13.4. The zero-order chi connectivity index (χ0) is 14.9. The molecule has 1 atom stereocenters. The predicted octanol–water partition coefficient (Wildman–Crippen LogP) is 2.82. The Kier molecular flexibility index (Phi) is 8.91. The molecule has 0 aromatic carbocycles. The molecule has 0 aliphatic carbocycles. The van der Waals surface area contributed by atoms with Gasteiger partial charge in [-0.2, -0.15) is 0 Å². The summed E-state index contributed by atoms with van der Waals surface area (Å²) < 4.78 is 22.2. The third kappa shape index (κ3) is 6.86. The summed E-state index contributed by atoms with van der Waals surface area (Å²) in [5.74, 6) is -0.544. The Balaban J connectivity index is 4.94. The summed E-state index contributed by atoms with van der Waals surface area (Å²) in [7, 11) is -3.43. The van der Waals surface area contributed by atoms with E-state index in [1.54, 1.807) is 6.92 Å². The molecule has 112 valence electrons. The van der Waals surface area contributed by atoms with Crippen LogP contribution in [0.5, 0.6) is 0 Å². The van der Waals surface area contributed by atoms with Gasteiger partial charge in [-0.3, -0.25) is 0 Å². The van der Waals surface area contributed by atoms with Gasteiger partial charge in [0.15, 0.2) is 0 Å². The second-order valence-corrected chi connectivity index (χ2v) is 6.27. The standard InChI is InChI=1S/C13H26O5Si/c1-7-10-12(6)17-19(15-8-2,16-9-3)18-13(14)11(4)5/h12H,4,7-10H2,1-3,5-6H3. The summed E-state index contributed by atoms with van der Waals surface area (Å²) in [5, 5.41) is 0. The van der Waals surface area contributed by atoms with Crippen LogP contribution in [-0.2, 0) is 22.5 Å². The summed E-state index contributed by atoms with van der Waals surface area (Å²) in [4.78, 5) is 11.7. The monoisotopic (exact) mass is 290 g/mol. The number of carbonyl (C=O) groups excluding carboxylic acids is 1. The van der Waals surface area contributed by atoms with Crippen molar-refractivity contribution < 1.29 is 22.5 Å². The lowest BCUT2D eigenvalue weighted by Gasteiger charge is -2.29. The third-order valence-electron chi connectivity index (χ3n) is 2.25. The summed E-state index contributed by atoms with van der Waals surface area (Å²) in [6, 6.07) is 0. The van der Waals surface area contributed by atoms with Gasteiger partial charge in [-0.1, -0.05) is 19.9 Å². The Labute approximate surface area is 117 Å². The molecule has 1 unspecified atom stereocenters. The van der Waals surface area contributed by atoms with Crippen LogP contribution < -0.4 is 0 Å². The van der Waals surface area contributed by atoms with E-state index in [9.17, 15) is 4.79 Å². The van der Waals surface area contributed by atoms with Crippen molar-refractivity contribution in [1.82, 2.24) is 0 Å². The van der Waals surface area contributed by atoms with E-state index in [4.69, 9.17) is 17.7 Å². The molecule has 0 saturated carbocycles. The van der Waals surface area contributed by atoms with E-state index in [0.29, 0.717) is 18.8 Å². The van der Waals surface area contributed by atoms with Gasteiger partial charge in [0.1, 0.15) is 0 Å². The maximum Gasteiger partial charge on any atom is 0.752 e. The average Bonchev–Trinajstić information content (AvgIpc) is 2.29. The van der Waals surface area contributed by atoms with E-state index in [0.717, 1.165) is 12.8 Å². The Morgan fingerprint density at radius 2 is 1.74 bits per heavy atom. The van der Waals surface area contributed by atoms with Crippen LogP contribution in [0.25, 0.3) is 0 Å². The van der Waals surface area contributed by atoms with Crippen LogP contribution in [-0.4, -0.2) is 34.3 Å². The highest BCUT2D eigenvalue weighted by Crippen LogP contribution is 2.18. The minimum absolute atomic E-state index is 0.0901. The SMILES string of the molecule is C=C(C)C(=O)O[Si](OCC)(OCC)OC(C)CCC. The molecule has 0 aromatic rings. The molecule has 0 bridgehead atoms. The average molecular weight is 290 g/mol. The smallest absolute Gasteiger partial charge is 0.448 e. The van der Waals surface area contributed by atoms with Gasteiger partial charge in [0.25, 0.3) is 0 Å². The number of rotatable bonds is 10. The molecule has 0 spiro atoms. The van der Waals surface area contributed by atoms with Gasteiger partial charge in [-0.05, 0) is 34.1 Å². The van der Waals surface area contributed by atoms with E-state index in [1.807, 2.05) is 20.8 Å². The van der Waals surface area contributed by atoms with E-state index >= 15 is 0 Å². The molecule has 0 radical (unpaired) electrons. The number of hydrogen-bond donors (Lipinski definition) is 0. The molecule has 0 saturated heterocycles. The van der Waals surface area contributed by atoms with Crippen LogP contribution >= 0.6 is 0 Å². The second kappa shape index (κ2) is 9.25. The van der Waals surface area contributed by atoms with E-state index in [2.05, 4.69) is 13.5 Å². The number of hydrogen-bond acceptors (Lipinski definition) is 5. The molecular formula is C13H26O5Si. The van der Waals surface area contributed by atoms with Crippen molar-refractivity contribution in [3.8, 4) is 0 Å². The van der Waals surface area contributed by atoms with Crippen LogP contribution in [0, 0.1) is 0 Å². The molecule has 0 aromatic heterocycles. The fourth-order valence-corrected chi connectivity index (χ4v) is 3.56. The summed E-state index contributed by atoms with van der Waals surface area (Å²) >= 11 is 0. The van der Waals surface area contributed by atoms with Crippen LogP contribution in [0.15, 0.2) is 12.2 Å². The molecule has 0 rings (SSSR count). The molecule has 6 heteroatoms. The Morgan fingerprint density at radius 3 is 2.11 bits per heavy atom. The first-order valence-electron chi connectivity index (χ1n) is 6.75. The molecule has 0 aliphatic heterocycles. The maximum absolute atomic E-state index is 11.7. The van der Waals surface area contributed by atoms with Gasteiger partial charge < -0.3 is 17.7 Å². The highest BCUT2D eigenvalue weighted by atomic mass is 28.4. The minimum atomic E-state index is -3.43. The van der Waals surface area contributed by atoms with Crippen molar-refractivity contribution in [2.75, 3.05) is 13.2 Å². The minimum Gasteiger partial charge on any atom is -0.448 e. The van der Waals surface area contributed by atoms with Gasteiger partial charge in [0.2, 0.25) is 0 Å². The molecule has 0 aliphatic rings. The van der Waals surface area contributed by atoms with Gasteiger partial charge >= 0.3 is 15.0 Å². The van der Waals surface area contributed by atoms with E-state index in [1.165, 1.54) is 0 Å². The zero-order valence-electron chi connectivity index (χ0n) is 12.7. The Hall–Kier alpha value is -0.693. The first kappa shape index (κ1) is 18.3. The maximum atomic E-state index is 11.7. The number of carbonyl (C=O) groups is 1. The predicted molar refractivity (Wildman–Crippen MR) is 75.4 cm³/mol. The lowest BCUT2D eigenvalue weighted by molar-refractivity contribution is -0.141. The molecular weight excluding hydrogens is 264 g/mol. The van der Waals surface area contributed by atoms with Crippen LogP contribution in [0.1, 0.15) is 47.5 Å². The van der Waals surface area contributed by atoms with Crippen molar-refractivity contribution >= 4 is 15.0 Å².